The Labute approximate surface area is 105 Å². The van der Waals surface area contributed by atoms with Crippen molar-refractivity contribution in [3.05, 3.63) is 40.2 Å². The largest absolute Gasteiger partial charge is 0.384 e. The first-order valence-corrected chi connectivity index (χ1v) is 5.97. The van der Waals surface area contributed by atoms with Gasteiger partial charge in [-0.05, 0) is 25.0 Å². The van der Waals surface area contributed by atoms with E-state index < -0.39 is 6.10 Å². The van der Waals surface area contributed by atoms with E-state index in [4.69, 9.17) is 11.6 Å². The quantitative estimate of drug-likeness (QED) is 0.650. The maximum Gasteiger partial charge on any atom is 0.137 e. The predicted octanol–water partition coefficient (Wildman–Crippen LogP) is 2.76. The molecule has 1 aliphatic carbocycles. The molecule has 1 N–H and O–H groups in total. The molecule has 4 heteroatoms. The number of hydrogen-bond acceptors (Lipinski definition) is 3. The third kappa shape index (κ3) is 2.73. The summed E-state index contributed by atoms with van der Waals surface area (Å²) >= 11 is 6.00. The maximum atomic E-state index is 11.3. The number of aliphatic hydroxyl groups excluding tert-OH is 1. The van der Waals surface area contributed by atoms with E-state index in [-0.39, 0.29) is 5.78 Å². The Hall–Kier alpha value is -1.19. The summed E-state index contributed by atoms with van der Waals surface area (Å²) in [4.78, 5) is 15.4. The Bertz CT molecular complexity index is 482. The topological polar surface area (TPSA) is 50.2 Å². The van der Waals surface area contributed by atoms with Crippen molar-refractivity contribution in [3.63, 3.8) is 0 Å². The summed E-state index contributed by atoms with van der Waals surface area (Å²) in [5.74, 6) is 0.165. The van der Waals surface area contributed by atoms with Crippen LogP contribution in [0.15, 0.2) is 23.8 Å². The van der Waals surface area contributed by atoms with E-state index in [0.717, 1.165) is 11.3 Å². The third-order valence-corrected chi connectivity index (χ3v) is 3.20. The summed E-state index contributed by atoms with van der Waals surface area (Å²) in [5.41, 5.74) is 2.10. The fourth-order valence-corrected chi connectivity index (χ4v) is 2.25. The molecule has 0 saturated carbocycles. The van der Waals surface area contributed by atoms with Gasteiger partial charge in [0.2, 0.25) is 0 Å². The maximum absolute atomic E-state index is 11.3. The van der Waals surface area contributed by atoms with E-state index >= 15 is 0 Å². The van der Waals surface area contributed by atoms with Crippen LogP contribution in [-0.4, -0.2) is 15.9 Å². The van der Waals surface area contributed by atoms with Gasteiger partial charge in [-0.15, -0.1) is 0 Å². The number of pyridine rings is 1. The van der Waals surface area contributed by atoms with Crippen molar-refractivity contribution in [1.82, 2.24) is 4.98 Å². The number of aliphatic hydroxyl groups is 1. The molecule has 1 atom stereocenters. The average Bonchev–Trinajstić information content (AvgIpc) is 2.28. The minimum absolute atomic E-state index is 0.165. The highest BCUT2D eigenvalue weighted by molar-refractivity contribution is 6.30. The average molecular weight is 252 g/mol. The Balaban J connectivity index is 2.27. The van der Waals surface area contributed by atoms with Gasteiger partial charge in [-0.1, -0.05) is 23.7 Å². The van der Waals surface area contributed by atoms with E-state index in [2.05, 4.69) is 4.98 Å². The summed E-state index contributed by atoms with van der Waals surface area (Å²) in [6.45, 7) is 1.84. The van der Waals surface area contributed by atoms with Crippen LogP contribution in [0.25, 0.3) is 0 Å². The lowest BCUT2D eigenvalue weighted by Gasteiger charge is -2.19. The normalized spacial score (nSPS) is 17.8. The molecule has 1 aromatic heterocycles. The van der Waals surface area contributed by atoms with Crippen molar-refractivity contribution in [2.75, 3.05) is 0 Å². The van der Waals surface area contributed by atoms with Gasteiger partial charge in [0, 0.05) is 24.1 Å². The fourth-order valence-electron chi connectivity index (χ4n) is 1.95. The number of aryl methyl sites for hydroxylation is 1. The summed E-state index contributed by atoms with van der Waals surface area (Å²) in [6, 6.07) is 3.56. The number of aromatic nitrogens is 1. The second-order valence-corrected chi connectivity index (χ2v) is 4.63. The fraction of sp³-hybridized carbons (Fsp3) is 0.385. The van der Waals surface area contributed by atoms with Crippen LogP contribution in [0, 0.1) is 6.92 Å². The van der Waals surface area contributed by atoms with Gasteiger partial charge in [0.25, 0.3) is 0 Å². The molecule has 0 fully saturated rings. The first-order valence-electron chi connectivity index (χ1n) is 5.59. The molecule has 90 valence electrons. The number of ketones is 1. The van der Waals surface area contributed by atoms with Crippen molar-refractivity contribution >= 4 is 17.4 Å². The van der Waals surface area contributed by atoms with E-state index in [9.17, 15) is 9.90 Å². The number of carbonyl (C=O) groups is 1. The van der Waals surface area contributed by atoms with E-state index in [0.29, 0.717) is 30.0 Å². The van der Waals surface area contributed by atoms with Crippen LogP contribution in [0.1, 0.15) is 36.6 Å². The number of nitrogens with zero attached hydrogens (tertiary/aromatic N) is 1. The summed E-state index contributed by atoms with van der Waals surface area (Å²) in [7, 11) is 0. The third-order valence-electron chi connectivity index (χ3n) is 2.89. The molecule has 0 spiro atoms. The number of Topliss-reactive ketones (excluding diaryl/α,β-unsaturated/α-hetero) is 1. The predicted molar refractivity (Wildman–Crippen MR) is 65.9 cm³/mol. The van der Waals surface area contributed by atoms with Crippen molar-refractivity contribution in [2.45, 2.75) is 32.3 Å². The minimum atomic E-state index is -0.820. The monoisotopic (exact) mass is 251 g/mol. The minimum Gasteiger partial charge on any atom is -0.384 e. The molecule has 0 bridgehead atoms. The van der Waals surface area contributed by atoms with E-state index in [1.54, 1.807) is 12.1 Å². The van der Waals surface area contributed by atoms with Gasteiger partial charge in [-0.2, -0.15) is 0 Å². The summed E-state index contributed by atoms with van der Waals surface area (Å²) in [6.07, 6.45) is 2.67. The number of rotatable bonds is 2. The Morgan fingerprint density at radius 2 is 2.24 bits per heavy atom. The molecular weight excluding hydrogens is 238 g/mol. The number of hydrogen-bond donors (Lipinski definition) is 1. The molecule has 17 heavy (non-hydrogen) atoms. The Kier molecular flexibility index (Phi) is 3.60. The van der Waals surface area contributed by atoms with Crippen LogP contribution < -0.4 is 0 Å². The smallest absolute Gasteiger partial charge is 0.137 e. The van der Waals surface area contributed by atoms with Crippen molar-refractivity contribution < 1.29 is 9.90 Å². The molecule has 0 aliphatic heterocycles. The number of carbonyl (C=O) groups excluding carboxylic acids is 1. The van der Waals surface area contributed by atoms with Gasteiger partial charge in [0.05, 0.1) is 0 Å². The molecule has 0 saturated heterocycles. The summed E-state index contributed by atoms with van der Waals surface area (Å²) < 4.78 is 0. The molecule has 3 nitrogen and oxygen atoms in total. The van der Waals surface area contributed by atoms with Gasteiger partial charge in [-0.3, -0.25) is 4.79 Å². The van der Waals surface area contributed by atoms with Crippen LogP contribution in [0.4, 0.5) is 0 Å². The van der Waals surface area contributed by atoms with Crippen molar-refractivity contribution in [3.8, 4) is 0 Å². The van der Waals surface area contributed by atoms with Gasteiger partial charge in [0.15, 0.2) is 0 Å². The van der Waals surface area contributed by atoms with Crippen LogP contribution in [0.2, 0.25) is 5.15 Å². The van der Waals surface area contributed by atoms with Crippen LogP contribution in [0.5, 0.6) is 0 Å². The Morgan fingerprint density at radius 3 is 2.88 bits per heavy atom. The second-order valence-electron chi connectivity index (χ2n) is 4.27. The number of allylic oxidation sites excluding steroid dienone is 1. The standard InChI is InChI=1S/C13H14ClNO2/c1-8-5-6-11(13(14)15-8)12(17)9-3-2-4-10(16)7-9/h3,5-6,12,17H,2,4,7H2,1H3. The van der Waals surface area contributed by atoms with Gasteiger partial charge >= 0.3 is 0 Å². The van der Waals surface area contributed by atoms with E-state index in [1.807, 2.05) is 13.0 Å². The molecule has 1 aliphatic rings. The highest BCUT2D eigenvalue weighted by atomic mass is 35.5. The first-order chi connectivity index (χ1) is 8.08. The van der Waals surface area contributed by atoms with Crippen LogP contribution >= 0.6 is 11.6 Å². The van der Waals surface area contributed by atoms with Gasteiger partial charge in [0.1, 0.15) is 17.0 Å². The van der Waals surface area contributed by atoms with Crippen LogP contribution in [-0.2, 0) is 4.79 Å². The summed E-state index contributed by atoms with van der Waals surface area (Å²) in [5, 5.41) is 10.5. The molecule has 1 aromatic rings. The molecular formula is C13H14ClNO2. The number of halogens is 1. The molecule has 2 rings (SSSR count). The van der Waals surface area contributed by atoms with E-state index in [1.165, 1.54) is 0 Å². The van der Waals surface area contributed by atoms with Gasteiger partial charge < -0.3 is 5.11 Å². The zero-order valence-corrected chi connectivity index (χ0v) is 10.4. The molecule has 0 radical (unpaired) electrons. The SMILES string of the molecule is Cc1ccc(C(O)C2=CCCC(=O)C2)c(Cl)n1. The van der Waals surface area contributed by atoms with Crippen molar-refractivity contribution in [2.24, 2.45) is 0 Å². The van der Waals surface area contributed by atoms with Crippen LogP contribution in [0.3, 0.4) is 0 Å². The molecule has 0 amide bonds. The molecule has 1 unspecified atom stereocenters. The highest BCUT2D eigenvalue weighted by Gasteiger charge is 2.21. The molecule has 1 heterocycles. The van der Waals surface area contributed by atoms with Gasteiger partial charge in [-0.25, -0.2) is 4.98 Å². The Morgan fingerprint density at radius 1 is 1.47 bits per heavy atom. The lowest BCUT2D eigenvalue weighted by Crippen LogP contribution is -2.12. The zero-order chi connectivity index (χ0) is 12.4. The van der Waals surface area contributed by atoms with Crippen molar-refractivity contribution in [1.29, 1.82) is 0 Å². The zero-order valence-electron chi connectivity index (χ0n) is 9.61. The molecule has 0 aromatic carbocycles. The highest BCUT2D eigenvalue weighted by Crippen LogP contribution is 2.31. The first kappa shape index (κ1) is 12.3. The second kappa shape index (κ2) is 4.98. The lowest BCUT2D eigenvalue weighted by molar-refractivity contribution is -0.118. The lowest BCUT2D eigenvalue weighted by atomic mass is 9.91.